The summed E-state index contributed by atoms with van der Waals surface area (Å²) in [6.07, 6.45) is 3.47. The van der Waals surface area contributed by atoms with Crippen molar-refractivity contribution in [2.75, 3.05) is 18.0 Å². The lowest BCUT2D eigenvalue weighted by Crippen LogP contribution is -2.37. The quantitative estimate of drug-likeness (QED) is 0.922. The van der Waals surface area contributed by atoms with E-state index in [1.807, 2.05) is 6.07 Å². The molecular formula is C19H20FN3O2. The maximum Gasteiger partial charge on any atom is 0.306 e. The minimum atomic E-state index is -0.715. The first-order valence-electron chi connectivity index (χ1n) is 8.73. The second kappa shape index (κ2) is 6.43. The maximum absolute atomic E-state index is 13.2. The third-order valence-electron chi connectivity index (χ3n) is 4.98. The molecule has 0 unspecified atom stereocenters. The van der Waals surface area contributed by atoms with E-state index in [1.54, 1.807) is 12.1 Å². The first-order chi connectivity index (χ1) is 12.1. The molecule has 0 bridgehead atoms. The number of benzene rings is 1. The standard InChI is InChI=1S/C19H20FN3O2/c20-15-5-3-12(4-6-15)16-11-17(22-18(21-16)13-1-2-13)23-9-7-14(8-10-23)19(24)25/h3-6,11,13-14H,1-2,7-10H2,(H,24,25). The Morgan fingerprint density at radius 1 is 1.08 bits per heavy atom. The van der Waals surface area contributed by atoms with Crippen molar-refractivity contribution in [2.45, 2.75) is 31.6 Å². The Morgan fingerprint density at radius 3 is 2.36 bits per heavy atom. The van der Waals surface area contributed by atoms with Gasteiger partial charge in [-0.15, -0.1) is 0 Å². The van der Waals surface area contributed by atoms with Gasteiger partial charge in [-0.25, -0.2) is 14.4 Å². The summed E-state index contributed by atoms with van der Waals surface area (Å²) < 4.78 is 13.2. The van der Waals surface area contributed by atoms with Crippen LogP contribution in [0.25, 0.3) is 11.3 Å². The predicted molar refractivity (Wildman–Crippen MR) is 92.0 cm³/mol. The second-order valence-electron chi connectivity index (χ2n) is 6.85. The number of rotatable bonds is 4. The molecule has 1 aromatic heterocycles. The second-order valence-corrected chi connectivity index (χ2v) is 6.85. The average Bonchev–Trinajstić information content (AvgIpc) is 3.47. The highest BCUT2D eigenvalue weighted by molar-refractivity contribution is 5.70. The number of anilines is 1. The third kappa shape index (κ3) is 3.48. The number of piperidine rings is 1. The van der Waals surface area contributed by atoms with E-state index < -0.39 is 5.97 Å². The number of hydrogen-bond donors (Lipinski definition) is 1. The zero-order valence-corrected chi connectivity index (χ0v) is 13.9. The Bertz CT molecular complexity index is 782. The Hall–Kier alpha value is -2.50. The molecule has 6 heteroatoms. The monoisotopic (exact) mass is 341 g/mol. The molecule has 2 aliphatic rings. The van der Waals surface area contributed by atoms with Crippen LogP contribution in [0.2, 0.25) is 0 Å². The van der Waals surface area contributed by atoms with Gasteiger partial charge in [-0.2, -0.15) is 0 Å². The minimum Gasteiger partial charge on any atom is -0.481 e. The molecule has 1 aromatic carbocycles. The van der Waals surface area contributed by atoms with Gasteiger partial charge in [0.05, 0.1) is 11.6 Å². The van der Waals surface area contributed by atoms with E-state index in [4.69, 9.17) is 10.1 Å². The number of carboxylic acids is 1. The van der Waals surface area contributed by atoms with Gasteiger partial charge in [-0.05, 0) is 49.9 Å². The summed E-state index contributed by atoms with van der Waals surface area (Å²) in [7, 11) is 0. The van der Waals surface area contributed by atoms with Crippen molar-refractivity contribution in [1.29, 1.82) is 0 Å². The lowest BCUT2D eigenvalue weighted by atomic mass is 9.97. The predicted octanol–water partition coefficient (Wildman–Crippen LogP) is 3.46. The molecule has 0 amide bonds. The van der Waals surface area contributed by atoms with E-state index in [9.17, 15) is 9.18 Å². The number of nitrogens with zero attached hydrogens (tertiary/aromatic N) is 3. The highest BCUT2D eigenvalue weighted by atomic mass is 19.1. The van der Waals surface area contributed by atoms with Crippen LogP contribution in [-0.4, -0.2) is 34.1 Å². The minimum absolute atomic E-state index is 0.266. The molecule has 1 saturated heterocycles. The number of aliphatic carboxylic acids is 1. The fourth-order valence-electron chi connectivity index (χ4n) is 3.26. The van der Waals surface area contributed by atoms with Crippen LogP contribution in [-0.2, 0) is 4.79 Å². The van der Waals surface area contributed by atoms with E-state index in [1.165, 1.54) is 12.1 Å². The fraction of sp³-hybridized carbons (Fsp3) is 0.421. The number of carboxylic acid groups (broad SMARTS) is 1. The lowest BCUT2D eigenvalue weighted by molar-refractivity contribution is -0.142. The number of hydrogen-bond acceptors (Lipinski definition) is 4. The van der Waals surface area contributed by atoms with Crippen LogP contribution in [0, 0.1) is 11.7 Å². The van der Waals surface area contributed by atoms with Gasteiger partial charge in [-0.1, -0.05) is 0 Å². The fourth-order valence-corrected chi connectivity index (χ4v) is 3.26. The zero-order valence-electron chi connectivity index (χ0n) is 13.9. The highest BCUT2D eigenvalue weighted by Crippen LogP contribution is 2.39. The van der Waals surface area contributed by atoms with Crippen LogP contribution < -0.4 is 4.90 Å². The Kier molecular flexibility index (Phi) is 4.11. The summed E-state index contributed by atoms with van der Waals surface area (Å²) in [6, 6.07) is 8.27. The topological polar surface area (TPSA) is 66.3 Å². The molecule has 4 rings (SSSR count). The largest absolute Gasteiger partial charge is 0.481 e. The van der Waals surface area contributed by atoms with E-state index >= 15 is 0 Å². The van der Waals surface area contributed by atoms with Crippen LogP contribution >= 0.6 is 0 Å². The summed E-state index contributed by atoms with van der Waals surface area (Å²) in [5, 5.41) is 9.16. The summed E-state index contributed by atoms with van der Waals surface area (Å²) in [5.41, 5.74) is 1.67. The van der Waals surface area contributed by atoms with Gasteiger partial charge >= 0.3 is 5.97 Å². The average molecular weight is 341 g/mol. The Balaban J connectivity index is 1.63. The van der Waals surface area contributed by atoms with E-state index in [0.29, 0.717) is 31.8 Å². The highest BCUT2D eigenvalue weighted by Gasteiger charge is 2.30. The molecule has 1 aliphatic heterocycles. The van der Waals surface area contributed by atoms with Crippen molar-refractivity contribution in [1.82, 2.24) is 9.97 Å². The molecule has 2 heterocycles. The van der Waals surface area contributed by atoms with Crippen molar-refractivity contribution in [3.63, 3.8) is 0 Å². The van der Waals surface area contributed by atoms with Crippen molar-refractivity contribution in [2.24, 2.45) is 5.92 Å². The molecule has 1 saturated carbocycles. The zero-order chi connectivity index (χ0) is 17.4. The van der Waals surface area contributed by atoms with Crippen molar-refractivity contribution >= 4 is 11.8 Å². The first kappa shape index (κ1) is 16.0. The number of aromatic nitrogens is 2. The van der Waals surface area contributed by atoms with Gasteiger partial charge in [0.15, 0.2) is 0 Å². The molecule has 2 aromatic rings. The van der Waals surface area contributed by atoms with Crippen LogP contribution in [0.4, 0.5) is 10.2 Å². The SMILES string of the molecule is O=C(O)C1CCN(c2cc(-c3ccc(F)cc3)nc(C3CC3)n2)CC1. The van der Waals surface area contributed by atoms with E-state index in [2.05, 4.69) is 9.88 Å². The molecule has 5 nitrogen and oxygen atoms in total. The number of halogens is 1. The molecule has 0 radical (unpaired) electrons. The van der Waals surface area contributed by atoms with Gasteiger partial charge in [0, 0.05) is 30.6 Å². The normalized spacial score (nSPS) is 18.4. The van der Waals surface area contributed by atoms with Crippen LogP contribution in [0.5, 0.6) is 0 Å². The molecule has 0 spiro atoms. The summed E-state index contributed by atoms with van der Waals surface area (Å²) in [4.78, 5) is 22.7. The van der Waals surface area contributed by atoms with Crippen LogP contribution in [0.15, 0.2) is 30.3 Å². The summed E-state index contributed by atoms with van der Waals surface area (Å²) in [5.74, 6) is 0.856. The molecule has 1 N–H and O–H groups in total. The van der Waals surface area contributed by atoms with Crippen LogP contribution in [0.1, 0.15) is 37.4 Å². The third-order valence-corrected chi connectivity index (χ3v) is 4.98. The molecule has 0 atom stereocenters. The Morgan fingerprint density at radius 2 is 1.76 bits per heavy atom. The van der Waals surface area contributed by atoms with Gasteiger partial charge in [-0.3, -0.25) is 4.79 Å². The molecule has 130 valence electrons. The molecule has 1 aliphatic carbocycles. The number of carbonyl (C=O) groups is 1. The van der Waals surface area contributed by atoms with Gasteiger partial charge in [0.2, 0.25) is 0 Å². The van der Waals surface area contributed by atoms with E-state index in [-0.39, 0.29) is 11.7 Å². The van der Waals surface area contributed by atoms with Crippen molar-refractivity contribution in [3.8, 4) is 11.3 Å². The van der Waals surface area contributed by atoms with Crippen molar-refractivity contribution < 1.29 is 14.3 Å². The van der Waals surface area contributed by atoms with Crippen molar-refractivity contribution in [3.05, 3.63) is 42.0 Å². The van der Waals surface area contributed by atoms with Gasteiger partial charge in [0.1, 0.15) is 17.5 Å². The summed E-state index contributed by atoms with van der Waals surface area (Å²) >= 11 is 0. The Labute approximate surface area is 145 Å². The molecule has 2 fully saturated rings. The van der Waals surface area contributed by atoms with Gasteiger partial charge in [0.25, 0.3) is 0 Å². The molecule has 25 heavy (non-hydrogen) atoms. The molecular weight excluding hydrogens is 321 g/mol. The van der Waals surface area contributed by atoms with E-state index in [0.717, 1.165) is 35.7 Å². The smallest absolute Gasteiger partial charge is 0.306 e. The summed E-state index contributed by atoms with van der Waals surface area (Å²) in [6.45, 7) is 1.36. The first-order valence-corrected chi connectivity index (χ1v) is 8.73. The van der Waals surface area contributed by atoms with Gasteiger partial charge < -0.3 is 10.0 Å². The van der Waals surface area contributed by atoms with Crippen LogP contribution in [0.3, 0.4) is 0 Å². The maximum atomic E-state index is 13.2. The lowest BCUT2D eigenvalue weighted by Gasteiger charge is -2.31.